The van der Waals surface area contributed by atoms with Gasteiger partial charge in [0.25, 0.3) is 5.91 Å². The lowest BCUT2D eigenvalue weighted by atomic mass is 10.1. The number of sulfonamides is 1. The number of benzene rings is 3. The minimum Gasteiger partial charge on any atom is -0.322 e. The number of hydrogen-bond donors (Lipinski definition) is 1. The molecular weight excluding hydrogens is 458 g/mol. The third-order valence-corrected chi connectivity index (χ3v) is 6.77. The lowest BCUT2D eigenvalue weighted by Gasteiger charge is -2.23. The van der Waals surface area contributed by atoms with Crippen molar-refractivity contribution in [2.75, 3.05) is 15.9 Å². The molecule has 35 heavy (non-hydrogen) atoms. The molecule has 0 aliphatic carbocycles. The zero-order valence-corrected chi connectivity index (χ0v) is 20.5. The summed E-state index contributed by atoms with van der Waals surface area (Å²) in [7, 11) is -3.51. The molecule has 178 valence electrons. The molecule has 0 saturated carbocycles. The number of aromatic nitrogens is 1. The van der Waals surface area contributed by atoms with Crippen molar-refractivity contribution in [3.05, 3.63) is 125 Å². The van der Waals surface area contributed by atoms with E-state index in [1.165, 1.54) is 16.1 Å². The van der Waals surface area contributed by atoms with Crippen LogP contribution in [-0.4, -0.2) is 25.6 Å². The minimum atomic E-state index is -3.51. The molecule has 1 N–H and O–H groups in total. The highest BCUT2D eigenvalue weighted by molar-refractivity contribution is 7.92. The fraction of sp³-hybridized carbons (Fsp3) is 0.143. The second-order valence-electron chi connectivity index (χ2n) is 8.49. The van der Waals surface area contributed by atoms with Crippen molar-refractivity contribution in [2.45, 2.75) is 19.9 Å². The van der Waals surface area contributed by atoms with Crippen LogP contribution < -0.4 is 9.62 Å². The average Bonchev–Trinajstić information content (AvgIpc) is 2.85. The van der Waals surface area contributed by atoms with Gasteiger partial charge in [-0.05, 0) is 78.6 Å². The first-order chi connectivity index (χ1) is 16.8. The first kappa shape index (κ1) is 24.2. The summed E-state index contributed by atoms with van der Waals surface area (Å²) in [5, 5.41) is 2.89. The van der Waals surface area contributed by atoms with Crippen LogP contribution in [0.15, 0.2) is 97.3 Å². The van der Waals surface area contributed by atoms with Crippen LogP contribution >= 0.6 is 0 Å². The van der Waals surface area contributed by atoms with Gasteiger partial charge in [-0.1, -0.05) is 42.0 Å². The van der Waals surface area contributed by atoms with Crippen LogP contribution in [0.2, 0.25) is 0 Å². The maximum absolute atomic E-state index is 12.7. The second kappa shape index (κ2) is 10.5. The highest BCUT2D eigenvalue weighted by Crippen LogP contribution is 2.22. The topological polar surface area (TPSA) is 79.4 Å². The third kappa shape index (κ3) is 6.55. The van der Waals surface area contributed by atoms with Gasteiger partial charge in [0.15, 0.2) is 0 Å². The lowest BCUT2D eigenvalue weighted by Crippen LogP contribution is -2.29. The van der Waals surface area contributed by atoms with Gasteiger partial charge >= 0.3 is 0 Å². The minimum absolute atomic E-state index is 0.219. The van der Waals surface area contributed by atoms with Crippen molar-refractivity contribution in [3.63, 3.8) is 0 Å². The fourth-order valence-electron chi connectivity index (χ4n) is 3.68. The molecule has 1 amide bonds. The SMILES string of the molecule is Cc1ccc(CN(c2ccc(C(=O)Nc3ccc(Cc4ccncc4)cc3)cc2)S(C)(=O)=O)cc1. The molecule has 6 nitrogen and oxygen atoms in total. The molecule has 0 radical (unpaired) electrons. The molecule has 1 heterocycles. The Labute approximate surface area is 206 Å². The van der Waals surface area contributed by atoms with E-state index < -0.39 is 10.0 Å². The van der Waals surface area contributed by atoms with E-state index in [1.807, 2.05) is 67.6 Å². The molecule has 4 rings (SSSR count). The molecule has 4 aromatic rings. The molecule has 3 aromatic carbocycles. The van der Waals surface area contributed by atoms with Crippen molar-refractivity contribution < 1.29 is 13.2 Å². The Bertz CT molecular complexity index is 1390. The number of carbonyl (C=O) groups is 1. The van der Waals surface area contributed by atoms with Crippen LogP contribution in [0.1, 0.15) is 32.6 Å². The number of nitrogens with zero attached hydrogens (tertiary/aromatic N) is 2. The highest BCUT2D eigenvalue weighted by atomic mass is 32.2. The van der Waals surface area contributed by atoms with E-state index >= 15 is 0 Å². The molecule has 0 bridgehead atoms. The van der Waals surface area contributed by atoms with Crippen molar-refractivity contribution in [1.82, 2.24) is 4.98 Å². The zero-order valence-electron chi connectivity index (χ0n) is 19.7. The number of carbonyl (C=O) groups excluding carboxylic acids is 1. The number of hydrogen-bond acceptors (Lipinski definition) is 4. The Hall–Kier alpha value is -3.97. The first-order valence-electron chi connectivity index (χ1n) is 11.2. The summed E-state index contributed by atoms with van der Waals surface area (Å²) in [6.45, 7) is 2.20. The number of nitrogens with one attached hydrogen (secondary N) is 1. The Kier molecular flexibility index (Phi) is 7.27. The van der Waals surface area contributed by atoms with Crippen molar-refractivity contribution in [2.24, 2.45) is 0 Å². The highest BCUT2D eigenvalue weighted by Gasteiger charge is 2.18. The summed E-state index contributed by atoms with van der Waals surface area (Å²) < 4.78 is 26.2. The number of pyridine rings is 1. The predicted octanol–water partition coefficient (Wildman–Crippen LogP) is 5.20. The number of anilines is 2. The number of amides is 1. The van der Waals surface area contributed by atoms with Crippen LogP contribution in [0.25, 0.3) is 0 Å². The van der Waals surface area contributed by atoms with E-state index in [1.54, 1.807) is 36.7 Å². The molecule has 0 fully saturated rings. The summed E-state index contributed by atoms with van der Waals surface area (Å²) in [5.41, 5.74) is 5.93. The summed E-state index contributed by atoms with van der Waals surface area (Å²) >= 11 is 0. The van der Waals surface area contributed by atoms with Gasteiger partial charge in [-0.25, -0.2) is 8.42 Å². The fourth-order valence-corrected chi connectivity index (χ4v) is 4.57. The Morgan fingerprint density at radius 2 is 1.37 bits per heavy atom. The van der Waals surface area contributed by atoms with Crippen molar-refractivity contribution >= 4 is 27.3 Å². The van der Waals surface area contributed by atoms with Gasteiger partial charge in [-0.2, -0.15) is 0 Å². The summed E-state index contributed by atoms with van der Waals surface area (Å²) in [5.74, 6) is -0.261. The van der Waals surface area contributed by atoms with Crippen molar-refractivity contribution in [3.8, 4) is 0 Å². The van der Waals surface area contributed by atoms with Crippen LogP contribution in [0.3, 0.4) is 0 Å². The van der Waals surface area contributed by atoms with Crippen LogP contribution in [0.4, 0.5) is 11.4 Å². The van der Waals surface area contributed by atoms with E-state index in [4.69, 9.17) is 0 Å². The molecule has 0 aliphatic rings. The predicted molar refractivity (Wildman–Crippen MR) is 140 cm³/mol. The van der Waals surface area contributed by atoms with E-state index in [2.05, 4.69) is 10.3 Å². The number of rotatable bonds is 8. The van der Waals surface area contributed by atoms with E-state index in [0.29, 0.717) is 16.9 Å². The molecule has 0 unspecified atom stereocenters. The van der Waals surface area contributed by atoms with Gasteiger partial charge in [0.1, 0.15) is 0 Å². The first-order valence-corrected chi connectivity index (χ1v) is 13.1. The van der Waals surface area contributed by atoms with Gasteiger partial charge in [0, 0.05) is 23.6 Å². The van der Waals surface area contributed by atoms with Gasteiger partial charge < -0.3 is 5.32 Å². The van der Waals surface area contributed by atoms with E-state index in [-0.39, 0.29) is 12.5 Å². The van der Waals surface area contributed by atoms with Gasteiger partial charge in [0.05, 0.1) is 18.5 Å². The van der Waals surface area contributed by atoms with Gasteiger partial charge in [0.2, 0.25) is 10.0 Å². The maximum atomic E-state index is 12.7. The molecule has 0 spiro atoms. The van der Waals surface area contributed by atoms with Gasteiger partial charge in [-0.3, -0.25) is 14.1 Å². The molecule has 7 heteroatoms. The molecule has 1 aromatic heterocycles. The average molecular weight is 486 g/mol. The molecule has 0 saturated heterocycles. The second-order valence-corrected chi connectivity index (χ2v) is 10.4. The van der Waals surface area contributed by atoms with Crippen LogP contribution in [-0.2, 0) is 23.0 Å². The summed E-state index contributed by atoms with van der Waals surface area (Å²) in [4.78, 5) is 16.8. The lowest BCUT2D eigenvalue weighted by molar-refractivity contribution is 0.102. The Morgan fingerprint density at radius 1 is 0.800 bits per heavy atom. The molecule has 0 atom stereocenters. The van der Waals surface area contributed by atoms with Crippen LogP contribution in [0, 0.1) is 6.92 Å². The monoisotopic (exact) mass is 485 g/mol. The number of aryl methyl sites for hydroxylation is 1. The normalized spacial score (nSPS) is 11.1. The largest absolute Gasteiger partial charge is 0.322 e. The standard InChI is InChI=1S/C28H27N3O3S/c1-21-3-5-24(6-4-21)20-31(35(2,33)34)27-13-9-25(10-14-27)28(32)30-26-11-7-22(8-12-26)19-23-15-17-29-18-16-23/h3-18H,19-20H2,1-2H3,(H,30,32). The maximum Gasteiger partial charge on any atom is 0.255 e. The summed E-state index contributed by atoms with van der Waals surface area (Å²) in [6.07, 6.45) is 5.51. The summed E-state index contributed by atoms with van der Waals surface area (Å²) in [6, 6.07) is 26.0. The molecule has 0 aliphatic heterocycles. The van der Waals surface area contributed by atoms with E-state index in [0.717, 1.165) is 23.1 Å². The zero-order chi connectivity index (χ0) is 24.8. The Balaban J connectivity index is 1.43. The van der Waals surface area contributed by atoms with Crippen molar-refractivity contribution in [1.29, 1.82) is 0 Å². The third-order valence-electron chi connectivity index (χ3n) is 5.63. The van der Waals surface area contributed by atoms with E-state index in [9.17, 15) is 13.2 Å². The van der Waals surface area contributed by atoms with Gasteiger partial charge in [-0.15, -0.1) is 0 Å². The van der Waals surface area contributed by atoms with Crippen LogP contribution in [0.5, 0.6) is 0 Å². The molecular formula is C28H27N3O3S. The smallest absolute Gasteiger partial charge is 0.255 e. The quantitative estimate of drug-likeness (QED) is 0.372. The Morgan fingerprint density at radius 3 is 1.97 bits per heavy atom.